The van der Waals surface area contributed by atoms with Crippen molar-refractivity contribution in [3.05, 3.63) is 70.8 Å². The summed E-state index contributed by atoms with van der Waals surface area (Å²) in [5.74, 6) is 0. The van der Waals surface area contributed by atoms with E-state index in [0.29, 0.717) is 6.54 Å². The van der Waals surface area contributed by atoms with E-state index in [-0.39, 0.29) is 12.1 Å². The fourth-order valence-corrected chi connectivity index (χ4v) is 2.80. The molecule has 3 heteroatoms. The van der Waals surface area contributed by atoms with E-state index >= 15 is 0 Å². The maximum atomic E-state index is 12.0. The highest BCUT2D eigenvalue weighted by atomic mass is 16.2. The predicted octanol–water partition coefficient (Wildman–Crippen LogP) is 3.48. The van der Waals surface area contributed by atoms with Crippen LogP contribution in [0.2, 0.25) is 0 Å². The molecule has 3 rings (SSSR count). The first-order chi connectivity index (χ1) is 10.2. The molecule has 1 atom stereocenters. The first-order valence-corrected chi connectivity index (χ1v) is 7.40. The van der Waals surface area contributed by atoms with Crippen molar-refractivity contribution in [3.8, 4) is 0 Å². The average molecular weight is 280 g/mol. The van der Waals surface area contributed by atoms with Gasteiger partial charge in [0.05, 0.1) is 6.04 Å². The summed E-state index contributed by atoms with van der Waals surface area (Å²) in [6, 6.07) is 16.6. The van der Waals surface area contributed by atoms with Gasteiger partial charge in [0, 0.05) is 6.54 Å². The number of rotatable bonds is 3. The molecule has 0 radical (unpaired) electrons. The van der Waals surface area contributed by atoms with Crippen LogP contribution in [0.3, 0.4) is 0 Å². The van der Waals surface area contributed by atoms with Crippen molar-refractivity contribution in [2.45, 2.75) is 32.4 Å². The van der Waals surface area contributed by atoms with Crippen molar-refractivity contribution in [1.29, 1.82) is 0 Å². The van der Waals surface area contributed by atoms with Gasteiger partial charge in [-0.3, -0.25) is 0 Å². The summed E-state index contributed by atoms with van der Waals surface area (Å²) >= 11 is 0. The van der Waals surface area contributed by atoms with Crippen molar-refractivity contribution < 1.29 is 4.79 Å². The summed E-state index contributed by atoms with van der Waals surface area (Å²) in [5.41, 5.74) is 4.94. The molecule has 1 aliphatic rings. The summed E-state index contributed by atoms with van der Waals surface area (Å²) in [7, 11) is 0. The van der Waals surface area contributed by atoms with Crippen molar-refractivity contribution in [1.82, 2.24) is 10.6 Å². The molecule has 1 aliphatic carbocycles. The van der Waals surface area contributed by atoms with Gasteiger partial charge in [-0.2, -0.15) is 0 Å². The van der Waals surface area contributed by atoms with Crippen LogP contribution >= 0.6 is 0 Å². The van der Waals surface area contributed by atoms with Crippen molar-refractivity contribution in [3.63, 3.8) is 0 Å². The third kappa shape index (κ3) is 3.24. The Labute approximate surface area is 125 Å². The molecule has 3 nitrogen and oxygen atoms in total. The Morgan fingerprint density at radius 1 is 1.14 bits per heavy atom. The van der Waals surface area contributed by atoms with Gasteiger partial charge in [0.15, 0.2) is 0 Å². The number of urea groups is 1. The second-order valence-corrected chi connectivity index (χ2v) is 5.60. The molecule has 0 aliphatic heterocycles. The molecule has 2 aromatic rings. The minimum Gasteiger partial charge on any atom is -0.334 e. The molecule has 0 bridgehead atoms. The largest absolute Gasteiger partial charge is 0.334 e. The Bertz CT molecular complexity index is 634. The molecule has 0 spiro atoms. The summed E-state index contributed by atoms with van der Waals surface area (Å²) in [5, 5.41) is 5.99. The maximum absolute atomic E-state index is 12.0. The molecule has 108 valence electrons. The van der Waals surface area contributed by atoms with Gasteiger partial charge in [-0.05, 0) is 36.5 Å². The van der Waals surface area contributed by atoms with Crippen LogP contribution in [-0.2, 0) is 13.0 Å². The monoisotopic (exact) mass is 280 g/mol. The first-order valence-electron chi connectivity index (χ1n) is 7.40. The van der Waals surface area contributed by atoms with Gasteiger partial charge in [-0.15, -0.1) is 0 Å². The van der Waals surface area contributed by atoms with E-state index < -0.39 is 0 Å². The Kier molecular flexibility index (Phi) is 3.91. The Morgan fingerprint density at radius 2 is 1.90 bits per heavy atom. The second kappa shape index (κ2) is 6.00. The van der Waals surface area contributed by atoms with Gasteiger partial charge in [0.25, 0.3) is 0 Å². The lowest BCUT2D eigenvalue weighted by molar-refractivity contribution is 0.236. The fraction of sp³-hybridized carbons (Fsp3) is 0.278. The molecular formula is C18H20N2O. The highest BCUT2D eigenvalue weighted by Gasteiger charge is 2.23. The number of carbonyl (C=O) groups is 1. The molecule has 0 heterocycles. The minimum atomic E-state index is -0.0997. The number of carbonyl (C=O) groups excluding carboxylic acids is 1. The zero-order chi connectivity index (χ0) is 14.7. The summed E-state index contributed by atoms with van der Waals surface area (Å²) in [6.45, 7) is 2.61. The van der Waals surface area contributed by atoms with Gasteiger partial charge in [-0.25, -0.2) is 4.79 Å². The molecule has 0 aromatic heterocycles. The molecule has 0 saturated carbocycles. The molecular weight excluding hydrogens is 260 g/mol. The summed E-state index contributed by atoms with van der Waals surface area (Å²) in [4.78, 5) is 12.0. The number of fused-ring (bicyclic) bond motifs is 1. The van der Waals surface area contributed by atoms with Crippen LogP contribution in [0, 0.1) is 6.92 Å². The number of amides is 2. The number of benzene rings is 2. The number of nitrogens with one attached hydrogen (secondary N) is 2. The zero-order valence-corrected chi connectivity index (χ0v) is 12.2. The van der Waals surface area contributed by atoms with Crippen LogP contribution in [0.5, 0.6) is 0 Å². The minimum absolute atomic E-state index is 0.0997. The van der Waals surface area contributed by atoms with Crippen LogP contribution in [0.15, 0.2) is 48.5 Å². The first kappa shape index (κ1) is 13.7. The molecule has 2 N–H and O–H groups in total. The van der Waals surface area contributed by atoms with Gasteiger partial charge in [-0.1, -0.05) is 54.1 Å². The second-order valence-electron chi connectivity index (χ2n) is 5.60. The molecule has 21 heavy (non-hydrogen) atoms. The smallest absolute Gasteiger partial charge is 0.315 e. The van der Waals surface area contributed by atoms with E-state index in [9.17, 15) is 4.79 Å². The number of aryl methyl sites for hydroxylation is 2. The van der Waals surface area contributed by atoms with Gasteiger partial charge in [0.1, 0.15) is 0 Å². The Hall–Kier alpha value is -2.29. The number of hydrogen-bond donors (Lipinski definition) is 2. The summed E-state index contributed by atoms with van der Waals surface area (Å²) < 4.78 is 0. The highest BCUT2D eigenvalue weighted by Crippen LogP contribution is 2.30. The van der Waals surface area contributed by atoms with Gasteiger partial charge >= 0.3 is 6.03 Å². The lowest BCUT2D eigenvalue weighted by atomic mass is 10.1. The Morgan fingerprint density at radius 3 is 2.71 bits per heavy atom. The van der Waals surface area contributed by atoms with Crippen LogP contribution in [0.1, 0.15) is 34.7 Å². The lowest BCUT2D eigenvalue weighted by Gasteiger charge is -2.15. The highest BCUT2D eigenvalue weighted by molar-refractivity contribution is 5.74. The van der Waals surface area contributed by atoms with Crippen LogP contribution in [-0.4, -0.2) is 6.03 Å². The van der Waals surface area contributed by atoms with Gasteiger partial charge < -0.3 is 10.6 Å². The van der Waals surface area contributed by atoms with E-state index in [4.69, 9.17) is 0 Å². The normalized spacial score (nSPS) is 16.3. The molecule has 2 amide bonds. The van der Waals surface area contributed by atoms with E-state index in [1.807, 2.05) is 18.2 Å². The maximum Gasteiger partial charge on any atom is 0.315 e. The van der Waals surface area contributed by atoms with E-state index in [0.717, 1.165) is 18.4 Å². The van der Waals surface area contributed by atoms with E-state index in [2.05, 4.69) is 47.9 Å². The number of hydrogen-bond acceptors (Lipinski definition) is 1. The molecule has 2 aromatic carbocycles. The quantitative estimate of drug-likeness (QED) is 0.888. The average Bonchev–Trinajstić information content (AvgIpc) is 2.90. The standard InChI is InChI=1S/C18H20N2O/c1-13-6-8-14(9-7-13)12-19-18(21)20-17-11-10-15-4-2-3-5-16(15)17/h2-9,17H,10-12H2,1H3,(H2,19,20,21). The fourth-order valence-electron chi connectivity index (χ4n) is 2.80. The predicted molar refractivity (Wildman–Crippen MR) is 84.1 cm³/mol. The van der Waals surface area contributed by atoms with Crippen molar-refractivity contribution >= 4 is 6.03 Å². The third-order valence-electron chi connectivity index (χ3n) is 4.01. The van der Waals surface area contributed by atoms with E-state index in [1.165, 1.54) is 16.7 Å². The van der Waals surface area contributed by atoms with Crippen molar-refractivity contribution in [2.24, 2.45) is 0 Å². The SMILES string of the molecule is Cc1ccc(CNC(=O)NC2CCc3ccccc32)cc1. The van der Waals surface area contributed by atoms with Gasteiger partial charge in [0.2, 0.25) is 0 Å². The van der Waals surface area contributed by atoms with Crippen LogP contribution in [0.25, 0.3) is 0 Å². The van der Waals surface area contributed by atoms with Crippen molar-refractivity contribution in [2.75, 3.05) is 0 Å². The molecule has 1 unspecified atom stereocenters. The third-order valence-corrected chi connectivity index (χ3v) is 4.01. The van der Waals surface area contributed by atoms with E-state index in [1.54, 1.807) is 0 Å². The molecule has 0 fully saturated rings. The lowest BCUT2D eigenvalue weighted by Crippen LogP contribution is -2.36. The molecule has 0 saturated heterocycles. The van der Waals surface area contributed by atoms with Crippen LogP contribution in [0.4, 0.5) is 4.79 Å². The topological polar surface area (TPSA) is 41.1 Å². The van der Waals surface area contributed by atoms with Crippen LogP contribution < -0.4 is 10.6 Å². The zero-order valence-electron chi connectivity index (χ0n) is 12.2. The Balaban J connectivity index is 1.54. The summed E-state index contributed by atoms with van der Waals surface area (Å²) in [6.07, 6.45) is 2.02.